The Kier molecular flexibility index (Phi) is 5.44. The summed E-state index contributed by atoms with van der Waals surface area (Å²) in [5, 5.41) is 0. The van der Waals surface area contributed by atoms with Crippen molar-refractivity contribution in [3.8, 4) is 0 Å². The Hall–Kier alpha value is -0.790. The summed E-state index contributed by atoms with van der Waals surface area (Å²) in [6.07, 6.45) is 10.0. The molecular weight excluding hydrogens is 188 g/mol. The summed E-state index contributed by atoms with van der Waals surface area (Å²) in [6.45, 7) is 4.26. The van der Waals surface area contributed by atoms with Crippen LogP contribution < -0.4 is 0 Å². The Morgan fingerprint density at radius 1 is 1.33 bits per heavy atom. The van der Waals surface area contributed by atoms with Crippen LogP contribution in [-0.2, 0) is 9.53 Å². The van der Waals surface area contributed by atoms with E-state index in [1.54, 1.807) is 0 Å². The Labute approximate surface area is 92.7 Å². The molecular formula is C13H22O2. The fourth-order valence-electron chi connectivity index (χ4n) is 1.84. The topological polar surface area (TPSA) is 26.3 Å². The van der Waals surface area contributed by atoms with Crippen LogP contribution in [0.15, 0.2) is 11.6 Å². The normalized spacial score (nSPS) is 23.5. The number of ether oxygens (including phenoxy) is 1. The van der Waals surface area contributed by atoms with Crippen LogP contribution in [-0.4, -0.2) is 12.1 Å². The maximum Gasteiger partial charge on any atom is 0.334 e. The van der Waals surface area contributed by atoms with Crippen LogP contribution in [0.3, 0.4) is 0 Å². The maximum atomic E-state index is 11.4. The van der Waals surface area contributed by atoms with Gasteiger partial charge in [0.1, 0.15) is 6.10 Å². The fraction of sp³-hybridized carbons (Fsp3) is 0.769. The highest BCUT2D eigenvalue weighted by Gasteiger charge is 2.26. The molecule has 86 valence electrons. The van der Waals surface area contributed by atoms with Crippen molar-refractivity contribution in [1.82, 2.24) is 0 Å². The van der Waals surface area contributed by atoms with E-state index >= 15 is 0 Å². The second-order valence-electron chi connectivity index (χ2n) is 4.22. The molecule has 0 saturated carbocycles. The summed E-state index contributed by atoms with van der Waals surface area (Å²) in [7, 11) is 0. The third-order valence-electron chi connectivity index (χ3n) is 2.89. The van der Waals surface area contributed by atoms with E-state index in [2.05, 4.69) is 19.9 Å². The van der Waals surface area contributed by atoms with Crippen molar-refractivity contribution in [2.75, 3.05) is 0 Å². The Morgan fingerprint density at radius 2 is 2.13 bits per heavy atom. The van der Waals surface area contributed by atoms with Crippen molar-refractivity contribution >= 4 is 5.97 Å². The van der Waals surface area contributed by atoms with Gasteiger partial charge in [-0.15, -0.1) is 0 Å². The highest BCUT2D eigenvalue weighted by Crippen LogP contribution is 2.23. The number of allylic oxidation sites excluding steroid dienone is 1. The summed E-state index contributed by atoms with van der Waals surface area (Å²) >= 11 is 0. The molecule has 0 aliphatic carbocycles. The molecule has 2 nitrogen and oxygen atoms in total. The summed E-state index contributed by atoms with van der Waals surface area (Å²) in [6, 6.07) is 0. The molecule has 0 amide bonds. The van der Waals surface area contributed by atoms with Crippen molar-refractivity contribution in [2.24, 2.45) is 0 Å². The lowest BCUT2D eigenvalue weighted by Crippen LogP contribution is -2.03. The molecule has 1 unspecified atom stereocenters. The number of cyclic esters (lactones) is 1. The van der Waals surface area contributed by atoms with Gasteiger partial charge < -0.3 is 4.74 Å². The molecule has 1 rings (SSSR count). The standard InChI is InChI=1S/C13H22O2/c1-3-5-6-7-8-9-11-10-12(4-2)15-13(11)14/h9,12H,3-8,10H2,1-2H3/b11-9-. The number of unbranched alkanes of at least 4 members (excludes halogenated alkanes) is 4. The zero-order valence-corrected chi connectivity index (χ0v) is 9.92. The first-order valence-corrected chi connectivity index (χ1v) is 6.18. The fourth-order valence-corrected chi connectivity index (χ4v) is 1.84. The van der Waals surface area contributed by atoms with Crippen LogP contribution >= 0.6 is 0 Å². The molecule has 0 spiro atoms. The smallest absolute Gasteiger partial charge is 0.334 e. The number of esters is 1. The third kappa shape index (κ3) is 4.06. The van der Waals surface area contributed by atoms with Gasteiger partial charge in [0, 0.05) is 12.0 Å². The minimum Gasteiger partial charge on any atom is -0.459 e. The van der Waals surface area contributed by atoms with Crippen LogP contribution in [0.5, 0.6) is 0 Å². The summed E-state index contributed by atoms with van der Waals surface area (Å²) < 4.78 is 5.19. The van der Waals surface area contributed by atoms with E-state index in [1.807, 2.05) is 0 Å². The van der Waals surface area contributed by atoms with Gasteiger partial charge in [-0.1, -0.05) is 39.2 Å². The van der Waals surface area contributed by atoms with Gasteiger partial charge in [-0.05, 0) is 19.3 Å². The largest absolute Gasteiger partial charge is 0.459 e. The first-order chi connectivity index (χ1) is 7.27. The first kappa shape index (κ1) is 12.3. The lowest BCUT2D eigenvalue weighted by molar-refractivity contribution is -0.138. The van der Waals surface area contributed by atoms with Gasteiger partial charge in [0.25, 0.3) is 0 Å². The van der Waals surface area contributed by atoms with Crippen LogP contribution in [0.4, 0.5) is 0 Å². The van der Waals surface area contributed by atoms with Crippen LogP contribution in [0.2, 0.25) is 0 Å². The lowest BCUT2D eigenvalue weighted by Gasteiger charge is -2.01. The van der Waals surface area contributed by atoms with Crippen molar-refractivity contribution in [3.05, 3.63) is 11.6 Å². The van der Waals surface area contributed by atoms with Crippen LogP contribution in [0.25, 0.3) is 0 Å². The van der Waals surface area contributed by atoms with Gasteiger partial charge in [0.15, 0.2) is 0 Å². The predicted octanol–water partition coefficient (Wildman–Crippen LogP) is 3.61. The van der Waals surface area contributed by atoms with Crippen molar-refractivity contribution in [2.45, 2.75) is 64.9 Å². The monoisotopic (exact) mass is 210 g/mol. The number of carbonyl (C=O) groups is 1. The molecule has 1 heterocycles. The zero-order chi connectivity index (χ0) is 11.1. The molecule has 1 aliphatic heterocycles. The highest BCUT2D eigenvalue weighted by molar-refractivity contribution is 5.90. The highest BCUT2D eigenvalue weighted by atomic mass is 16.5. The number of carbonyl (C=O) groups excluding carboxylic acids is 1. The predicted molar refractivity (Wildman–Crippen MR) is 61.6 cm³/mol. The van der Waals surface area contributed by atoms with E-state index in [1.165, 1.54) is 25.7 Å². The van der Waals surface area contributed by atoms with Gasteiger partial charge in [0.2, 0.25) is 0 Å². The molecule has 0 N–H and O–H groups in total. The molecule has 1 aliphatic rings. The quantitative estimate of drug-likeness (QED) is 0.380. The molecule has 0 aromatic rings. The SMILES string of the molecule is CCCCCC/C=C1/CC(CC)OC1=O. The van der Waals surface area contributed by atoms with E-state index in [9.17, 15) is 4.79 Å². The third-order valence-corrected chi connectivity index (χ3v) is 2.89. The van der Waals surface area contributed by atoms with Gasteiger partial charge in [0.05, 0.1) is 0 Å². The average molecular weight is 210 g/mol. The molecule has 15 heavy (non-hydrogen) atoms. The number of hydrogen-bond acceptors (Lipinski definition) is 2. The van der Waals surface area contributed by atoms with Crippen LogP contribution in [0, 0.1) is 0 Å². The number of rotatable bonds is 6. The molecule has 0 bridgehead atoms. The molecule has 0 aromatic heterocycles. The summed E-state index contributed by atoms with van der Waals surface area (Å²) in [5.41, 5.74) is 0.901. The Balaban J connectivity index is 2.24. The van der Waals surface area contributed by atoms with Crippen LogP contribution in [0.1, 0.15) is 58.8 Å². The second kappa shape index (κ2) is 6.65. The van der Waals surface area contributed by atoms with Gasteiger partial charge in [-0.25, -0.2) is 4.79 Å². The van der Waals surface area contributed by atoms with Gasteiger partial charge in [-0.3, -0.25) is 0 Å². The molecule has 1 fully saturated rings. The van der Waals surface area contributed by atoms with E-state index in [0.717, 1.165) is 24.8 Å². The number of hydrogen-bond donors (Lipinski definition) is 0. The molecule has 2 heteroatoms. The van der Waals surface area contributed by atoms with Crippen molar-refractivity contribution < 1.29 is 9.53 Å². The first-order valence-electron chi connectivity index (χ1n) is 6.18. The van der Waals surface area contributed by atoms with Crippen molar-refractivity contribution in [1.29, 1.82) is 0 Å². The van der Waals surface area contributed by atoms with Gasteiger partial charge >= 0.3 is 5.97 Å². The Bertz CT molecular complexity index is 231. The van der Waals surface area contributed by atoms with Crippen molar-refractivity contribution in [3.63, 3.8) is 0 Å². The van der Waals surface area contributed by atoms with E-state index < -0.39 is 0 Å². The maximum absolute atomic E-state index is 11.4. The zero-order valence-electron chi connectivity index (χ0n) is 9.92. The van der Waals surface area contributed by atoms with E-state index in [-0.39, 0.29) is 12.1 Å². The second-order valence-corrected chi connectivity index (χ2v) is 4.22. The summed E-state index contributed by atoms with van der Waals surface area (Å²) in [5.74, 6) is -0.0858. The molecule has 1 atom stereocenters. The molecule has 0 radical (unpaired) electrons. The summed E-state index contributed by atoms with van der Waals surface area (Å²) in [4.78, 5) is 11.4. The van der Waals surface area contributed by atoms with E-state index in [0.29, 0.717) is 0 Å². The average Bonchev–Trinajstić information content (AvgIpc) is 2.59. The minimum absolute atomic E-state index is 0.0858. The molecule has 0 aromatic carbocycles. The lowest BCUT2D eigenvalue weighted by atomic mass is 10.1. The van der Waals surface area contributed by atoms with Gasteiger partial charge in [-0.2, -0.15) is 0 Å². The minimum atomic E-state index is -0.0858. The Morgan fingerprint density at radius 3 is 2.73 bits per heavy atom. The van der Waals surface area contributed by atoms with E-state index in [4.69, 9.17) is 4.74 Å². The molecule has 1 saturated heterocycles.